The van der Waals surface area contributed by atoms with E-state index >= 15 is 0 Å². The van der Waals surface area contributed by atoms with E-state index in [-0.39, 0.29) is 12.0 Å². The highest BCUT2D eigenvalue weighted by molar-refractivity contribution is 7.15. The fourth-order valence-corrected chi connectivity index (χ4v) is 4.35. The van der Waals surface area contributed by atoms with Crippen molar-refractivity contribution in [1.82, 2.24) is 4.98 Å². The number of benzene rings is 1. The zero-order valence-corrected chi connectivity index (χ0v) is 14.6. The fraction of sp³-hybridized carbons (Fsp3) is 0.444. The standard InChI is InChI=1S/C18H20N2O3S/c1-10-7-8-12-15(9-10)24-18(19-12)20-17(21)16-11(2)22-13-5-3-4-6-14(13)23-16/h3-6,10-11,16H,7-9H2,1-2H3,(H,19,20,21). The molecule has 24 heavy (non-hydrogen) atoms. The molecular weight excluding hydrogens is 324 g/mol. The van der Waals surface area contributed by atoms with Gasteiger partial charge in [-0.1, -0.05) is 19.1 Å². The Balaban J connectivity index is 1.49. The Kier molecular flexibility index (Phi) is 3.92. The maximum absolute atomic E-state index is 12.6. The highest BCUT2D eigenvalue weighted by atomic mass is 32.1. The van der Waals surface area contributed by atoms with Crippen molar-refractivity contribution < 1.29 is 14.3 Å². The topological polar surface area (TPSA) is 60.5 Å². The van der Waals surface area contributed by atoms with Gasteiger partial charge in [-0.25, -0.2) is 4.98 Å². The average Bonchev–Trinajstić information content (AvgIpc) is 2.95. The molecule has 0 fully saturated rings. The summed E-state index contributed by atoms with van der Waals surface area (Å²) in [5.41, 5.74) is 1.13. The average molecular weight is 344 g/mol. The first-order valence-electron chi connectivity index (χ1n) is 8.32. The molecule has 0 bridgehead atoms. The van der Waals surface area contributed by atoms with Gasteiger partial charge in [-0.3, -0.25) is 10.1 Å². The number of carbonyl (C=O) groups excluding carboxylic acids is 1. The van der Waals surface area contributed by atoms with Crippen LogP contribution in [-0.2, 0) is 17.6 Å². The smallest absolute Gasteiger partial charge is 0.271 e. The SMILES string of the molecule is CC1CCc2nc(NC(=O)C3Oc4ccccc4OC3C)sc2C1. The molecule has 0 saturated carbocycles. The summed E-state index contributed by atoms with van der Waals surface area (Å²) in [6, 6.07) is 7.40. The maximum Gasteiger partial charge on any atom is 0.271 e. The van der Waals surface area contributed by atoms with E-state index in [0.717, 1.165) is 25.0 Å². The summed E-state index contributed by atoms with van der Waals surface area (Å²) in [6.07, 6.45) is 2.18. The van der Waals surface area contributed by atoms with Crippen LogP contribution < -0.4 is 14.8 Å². The summed E-state index contributed by atoms with van der Waals surface area (Å²) in [5.74, 6) is 1.75. The summed E-state index contributed by atoms with van der Waals surface area (Å²) in [4.78, 5) is 18.5. The lowest BCUT2D eigenvalue weighted by Crippen LogP contribution is -2.46. The van der Waals surface area contributed by atoms with Crippen LogP contribution in [0.25, 0.3) is 0 Å². The second-order valence-corrected chi connectivity index (χ2v) is 7.62. The van der Waals surface area contributed by atoms with Gasteiger partial charge in [-0.05, 0) is 44.2 Å². The third kappa shape index (κ3) is 2.86. The summed E-state index contributed by atoms with van der Waals surface area (Å²) in [6.45, 7) is 4.10. The lowest BCUT2D eigenvalue weighted by molar-refractivity contribution is -0.128. The summed E-state index contributed by atoms with van der Waals surface area (Å²) in [7, 11) is 0. The molecule has 5 nitrogen and oxygen atoms in total. The van der Waals surface area contributed by atoms with Crippen molar-refractivity contribution in [3.63, 3.8) is 0 Å². The van der Waals surface area contributed by atoms with E-state index in [1.807, 2.05) is 31.2 Å². The van der Waals surface area contributed by atoms with Gasteiger partial charge in [0.1, 0.15) is 6.10 Å². The number of amides is 1. The number of rotatable bonds is 2. The second-order valence-electron chi connectivity index (χ2n) is 6.53. The lowest BCUT2D eigenvalue weighted by Gasteiger charge is -2.30. The molecule has 126 valence electrons. The molecule has 1 N–H and O–H groups in total. The first kappa shape index (κ1) is 15.4. The minimum atomic E-state index is -0.681. The van der Waals surface area contributed by atoms with Crippen molar-refractivity contribution >= 4 is 22.4 Å². The van der Waals surface area contributed by atoms with Crippen LogP contribution in [-0.4, -0.2) is 23.1 Å². The van der Waals surface area contributed by atoms with Crippen LogP contribution >= 0.6 is 11.3 Å². The number of aryl methyl sites for hydroxylation is 1. The van der Waals surface area contributed by atoms with Gasteiger partial charge in [0.2, 0.25) is 6.10 Å². The molecule has 0 radical (unpaired) electrons. The van der Waals surface area contributed by atoms with Crippen molar-refractivity contribution in [1.29, 1.82) is 0 Å². The number of thiazole rings is 1. The molecule has 1 amide bonds. The zero-order chi connectivity index (χ0) is 16.7. The number of ether oxygens (including phenoxy) is 2. The number of nitrogens with zero attached hydrogens (tertiary/aromatic N) is 1. The van der Waals surface area contributed by atoms with Crippen molar-refractivity contribution in [3.05, 3.63) is 34.8 Å². The fourth-order valence-electron chi connectivity index (χ4n) is 3.18. The zero-order valence-electron chi connectivity index (χ0n) is 13.7. The Morgan fingerprint density at radius 2 is 2.00 bits per heavy atom. The molecule has 2 aliphatic rings. The third-order valence-electron chi connectivity index (χ3n) is 4.52. The van der Waals surface area contributed by atoms with E-state index in [0.29, 0.717) is 22.5 Å². The van der Waals surface area contributed by atoms with Gasteiger partial charge in [-0.2, -0.15) is 0 Å². The molecule has 3 atom stereocenters. The van der Waals surface area contributed by atoms with Gasteiger partial charge in [0, 0.05) is 4.88 Å². The molecular formula is C18H20N2O3S. The molecule has 1 aliphatic heterocycles. The first-order valence-corrected chi connectivity index (χ1v) is 9.13. The number of hydrogen-bond donors (Lipinski definition) is 1. The molecule has 1 aromatic carbocycles. The maximum atomic E-state index is 12.6. The van der Waals surface area contributed by atoms with Gasteiger partial charge in [0.15, 0.2) is 16.6 Å². The Morgan fingerprint density at radius 1 is 1.25 bits per heavy atom. The van der Waals surface area contributed by atoms with Crippen LogP contribution in [0, 0.1) is 5.92 Å². The quantitative estimate of drug-likeness (QED) is 0.907. The lowest BCUT2D eigenvalue weighted by atomic mass is 9.93. The van der Waals surface area contributed by atoms with Crippen LogP contribution in [0.5, 0.6) is 11.5 Å². The van der Waals surface area contributed by atoms with Crippen molar-refractivity contribution in [3.8, 4) is 11.5 Å². The summed E-state index contributed by atoms with van der Waals surface area (Å²) < 4.78 is 11.6. The molecule has 0 saturated heterocycles. The predicted molar refractivity (Wildman–Crippen MR) is 92.9 cm³/mol. The number of nitrogens with one attached hydrogen (secondary N) is 1. The van der Waals surface area contributed by atoms with Crippen molar-refractivity contribution in [2.75, 3.05) is 5.32 Å². The minimum Gasteiger partial charge on any atom is -0.482 e. The van der Waals surface area contributed by atoms with Crippen molar-refractivity contribution in [2.24, 2.45) is 5.92 Å². The highest BCUT2D eigenvalue weighted by Crippen LogP contribution is 2.35. The van der Waals surface area contributed by atoms with Crippen LogP contribution in [0.4, 0.5) is 5.13 Å². The van der Waals surface area contributed by atoms with Crippen LogP contribution in [0.1, 0.15) is 30.8 Å². The van der Waals surface area contributed by atoms with E-state index in [1.54, 1.807) is 11.3 Å². The number of para-hydroxylation sites is 2. The van der Waals surface area contributed by atoms with E-state index in [2.05, 4.69) is 17.2 Å². The van der Waals surface area contributed by atoms with Gasteiger partial charge in [-0.15, -0.1) is 11.3 Å². The molecule has 0 spiro atoms. The van der Waals surface area contributed by atoms with Crippen LogP contribution in [0.15, 0.2) is 24.3 Å². The van der Waals surface area contributed by atoms with E-state index in [1.165, 1.54) is 4.88 Å². The second kappa shape index (κ2) is 6.09. The van der Waals surface area contributed by atoms with Crippen LogP contribution in [0.2, 0.25) is 0 Å². The Hall–Kier alpha value is -2.08. The number of fused-ring (bicyclic) bond motifs is 2. The first-order chi connectivity index (χ1) is 11.6. The summed E-state index contributed by atoms with van der Waals surface area (Å²) in [5, 5.41) is 3.57. The molecule has 4 rings (SSSR count). The monoisotopic (exact) mass is 344 g/mol. The Morgan fingerprint density at radius 3 is 2.79 bits per heavy atom. The third-order valence-corrected chi connectivity index (χ3v) is 5.55. The summed E-state index contributed by atoms with van der Waals surface area (Å²) >= 11 is 1.58. The molecule has 2 aromatic rings. The Labute approximate surface area is 145 Å². The van der Waals surface area contributed by atoms with E-state index in [9.17, 15) is 4.79 Å². The van der Waals surface area contributed by atoms with Gasteiger partial charge >= 0.3 is 0 Å². The van der Waals surface area contributed by atoms with E-state index < -0.39 is 6.10 Å². The number of aromatic nitrogens is 1. The molecule has 1 aromatic heterocycles. The molecule has 2 heterocycles. The minimum absolute atomic E-state index is 0.212. The molecule has 6 heteroatoms. The number of hydrogen-bond acceptors (Lipinski definition) is 5. The van der Waals surface area contributed by atoms with Gasteiger partial charge in [0.25, 0.3) is 5.91 Å². The number of carbonyl (C=O) groups is 1. The van der Waals surface area contributed by atoms with E-state index in [4.69, 9.17) is 9.47 Å². The molecule has 1 aliphatic carbocycles. The van der Waals surface area contributed by atoms with Gasteiger partial charge < -0.3 is 9.47 Å². The Bertz CT molecular complexity index is 773. The predicted octanol–water partition coefficient (Wildman–Crippen LogP) is 3.43. The largest absolute Gasteiger partial charge is 0.482 e. The highest BCUT2D eigenvalue weighted by Gasteiger charge is 2.34. The molecule has 3 unspecified atom stereocenters. The van der Waals surface area contributed by atoms with Gasteiger partial charge in [0.05, 0.1) is 5.69 Å². The normalized spacial score (nSPS) is 25.0. The van der Waals surface area contributed by atoms with Crippen molar-refractivity contribution in [2.45, 2.75) is 45.3 Å². The van der Waals surface area contributed by atoms with Crippen LogP contribution in [0.3, 0.4) is 0 Å². The number of anilines is 1.